The summed E-state index contributed by atoms with van der Waals surface area (Å²) >= 11 is 0. The Kier molecular flexibility index (Phi) is 3.99. The molecule has 0 aromatic heterocycles. The van der Waals surface area contributed by atoms with Gasteiger partial charge >= 0.3 is 0 Å². The minimum atomic E-state index is -0.474. The first-order valence-corrected chi connectivity index (χ1v) is 7.53. The van der Waals surface area contributed by atoms with Crippen LogP contribution in [0.4, 0.5) is 0 Å². The zero-order valence-corrected chi connectivity index (χ0v) is 12.2. The van der Waals surface area contributed by atoms with E-state index in [1.165, 1.54) is 6.08 Å². The molecule has 2 saturated heterocycles. The molecule has 21 heavy (non-hydrogen) atoms. The van der Waals surface area contributed by atoms with Gasteiger partial charge in [-0.05, 0) is 30.8 Å². The molecule has 2 aliphatic heterocycles. The molecule has 116 valence electrons. The van der Waals surface area contributed by atoms with E-state index in [1.807, 2.05) is 4.90 Å². The normalized spacial score (nSPS) is 35.3. The fourth-order valence-corrected chi connectivity index (χ4v) is 3.61. The standard InChI is InChI=1S/C15H22N2O4/c1-2-13(18)17-4-3-15(10-17)7-11(8-15)16-14(19)12-9-20-5-6-21-12/h2,11-12H,1,3-10H2,(H,16,19)/t11?,12-,15?/m1/s1. The average molecular weight is 294 g/mol. The molecular weight excluding hydrogens is 272 g/mol. The second-order valence-electron chi connectivity index (χ2n) is 6.26. The Balaban J connectivity index is 1.44. The summed E-state index contributed by atoms with van der Waals surface area (Å²) in [6.45, 7) is 6.49. The van der Waals surface area contributed by atoms with Gasteiger partial charge in [-0.2, -0.15) is 0 Å². The van der Waals surface area contributed by atoms with Gasteiger partial charge in [0.1, 0.15) is 0 Å². The summed E-state index contributed by atoms with van der Waals surface area (Å²) in [6, 6.07) is 0.196. The van der Waals surface area contributed by atoms with Gasteiger partial charge in [-0.1, -0.05) is 6.58 Å². The van der Waals surface area contributed by atoms with Crippen molar-refractivity contribution in [3.63, 3.8) is 0 Å². The molecular formula is C15H22N2O4. The second-order valence-corrected chi connectivity index (χ2v) is 6.26. The van der Waals surface area contributed by atoms with Gasteiger partial charge in [0.05, 0.1) is 19.8 Å². The summed E-state index contributed by atoms with van der Waals surface area (Å²) in [5.41, 5.74) is 0.195. The maximum atomic E-state index is 12.0. The van der Waals surface area contributed by atoms with Crippen molar-refractivity contribution < 1.29 is 19.1 Å². The molecule has 3 rings (SSSR count). The number of carbonyl (C=O) groups is 2. The van der Waals surface area contributed by atoms with Crippen molar-refractivity contribution in [2.75, 3.05) is 32.9 Å². The fraction of sp³-hybridized carbons (Fsp3) is 0.733. The predicted molar refractivity (Wildman–Crippen MR) is 75.6 cm³/mol. The van der Waals surface area contributed by atoms with Gasteiger partial charge in [0.2, 0.25) is 5.91 Å². The van der Waals surface area contributed by atoms with Crippen molar-refractivity contribution >= 4 is 11.8 Å². The molecule has 6 heteroatoms. The van der Waals surface area contributed by atoms with E-state index in [-0.39, 0.29) is 23.3 Å². The minimum Gasteiger partial charge on any atom is -0.376 e. The van der Waals surface area contributed by atoms with E-state index in [0.717, 1.165) is 32.4 Å². The zero-order valence-electron chi connectivity index (χ0n) is 12.2. The third-order valence-electron chi connectivity index (χ3n) is 4.74. The summed E-state index contributed by atoms with van der Waals surface area (Å²) in [4.78, 5) is 25.5. The first kappa shape index (κ1) is 14.5. The van der Waals surface area contributed by atoms with Crippen molar-refractivity contribution in [2.45, 2.75) is 31.4 Å². The Bertz CT molecular complexity index is 439. The molecule has 1 spiro atoms. The van der Waals surface area contributed by atoms with E-state index in [4.69, 9.17) is 9.47 Å². The SMILES string of the molecule is C=CC(=O)N1CCC2(CC(NC(=O)[C@H]3COCCO3)C2)C1. The molecule has 0 aromatic carbocycles. The molecule has 1 saturated carbocycles. The Morgan fingerprint density at radius 3 is 2.81 bits per heavy atom. The van der Waals surface area contributed by atoms with Crippen molar-refractivity contribution in [1.82, 2.24) is 10.2 Å². The molecule has 2 amide bonds. The molecule has 3 fully saturated rings. The Morgan fingerprint density at radius 1 is 1.33 bits per heavy atom. The summed E-state index contributed by atoms with van der Waals surface area (Å²) in [5.74, 6) is -0.0707. The van der Waals surface area contributed by atoms with Gasteiger partial charge in [0.15, 0.2) is 6.10 Å². The monoisotopic (exact) mass is 294 g/mol. The van der Waals surface area contributed by atoms with Crippen molar-refractivity contribution in [3.8, 4) is 0 Å². The molecule has 1 aliphatic carbocycles. The lowest BCUT2D eigenvalue weighted by molar-refractivity contribution is -0.149. The minimum absolute atomic E-state index is 0.00659. The molecule has 0 aromatic rings. The van der Waals surface area contributed by atoms with Crippen LogP contribution in [0.3, 0.4) is 0 Å². The highest BCUT2D eigenvalue weighted by Gasteiger charge is 2.49. The van der Waals surface area contributed by atoms with Gasteiger partial charge in [0.25, 0.3) is 5.91 Å². The first-order valence-electron chi connectivity index (χ1n) is 7.53. The number of hydrogen-bond acceptors (Lipinski definition) is 4. The van der Waals surface area contributed by atoms with Crippen LogP contribution in [0.2, 0.25) is 0 Å². The predicted octanol–water partition coefficient (Wildman–Crippen LogP) is 0.0851. The van der Waals surface area contributed by atoms with Crippen LogP contribution < -0.4 is 5.32 Å². The molecule has 0 bridgehead atoms. The van der Waals surface area contributed by atoms with Crippen LogP contribution >= 0.6 is 0 Å². The highest BCUT2D eigenvalue weighted by atomic mass is 16.6. The van der Waals surface area contributed by atoms with Crippen LogP contribution in [0.1, 0.15) is 19.3 Å². The van der Waals surface area contributed by atoms with Gasteiger partial charge in [-0.25, -0.2) is 0 Å². The van der Waals surface area contributed by atoms with Crippen LogP contribution in [0.15, 0.2) is 12.7 Å². The maximum absolute atomic E-state index is 12.0. The summed E-state index contributed by atoms with van der Waals surface area (Å²) in [7, 11) is 0. The molecule has 2 heterocycles. The Labute approximate surface area is 124 Å². The number of nitrogens with one attached hydrogen (secondary N) is 1. The van der Waals surface area contributed by atoms with E-state index >= 15 is 0 Å². The molecule has 0 unspecified atom stereocenters. The van der Waals surface area contributed by atoms with Crippen LogP contribution in [0, 0.1) is 5.41 Å². The second kappa shape index (κ2) is 5.77. The van der Waals surface area contributed by atoms with Gasteiger partial charge in [-0.15, -0.1) is 0 Å². The highest BCUT2D eigenvalue weighted by Crippen LogP contribution is 2.48. The number of hydrogen-bond donors (Lipinski definition) is 1. The third kappa shape index (κ3) is 2.96. The topological polar surface area (TPSA) is 67.9 Å². The summed E-state index contributed by atoms with van der Waals surface area (Å²) < 4.78 is 10.6. The van der Waals surface area contributed by atoms with Crippen LogP contribution in [0.5, 0.6) is 0 Å². The fourth-order valence-electron chi connectivity index (χ4n) is 3.61. The van der Waals surface area contributed by atoms with Crippen LogP contribution in [0.25, 0.3) is 0 Å². The Morgan fingerprint density at radius 2 is 2.14 bits per heavy atom. The lowest BCUT2D eigenvalue weighted by Crippen LogP contribution is -2.55. The van der Waals surface area contributed by atoms with Crippen LogP contribution in [-0.2, 0) is 19.1 Å². The third-order valence-corrected chi connectivity index (χ3v) is 4.74. The zero-order chi connectivity index (χ0) is 14.9. The number of ether oxygens (including phenoxy) is 2. The Hall–Kier alpha value is -1.40. The number of rotatable bonds is 3. The number of amides is 2. The van der Waals surface area contributed by atoms with E-state index in [0.29, 0.717) is 19.8 Å². The van der Waals surface area contributed by atoms with Crippen molar-refractivity contribution in [3.05, 3.63) is 12.7 Å². The lowest BCUT2D eigenvalue weighted by Gasteiger charge is -2.45. The quantitative estimate of drug-likeness (QED) is 0.749. The van der Waals surface area contributed by atoms with Crippen molar-refractivity contribution in [2.24, 2.45) is 5.41 Å². The van der Waals surface area contributed by atoms with Gasteiger partial charge in [0, 0.05) is 19.1 Å². The van der Waals surface area contributed by atoms with Crippen molar-refractivity contribution in [1.29, 1.82) is 0 Å². The smallest absolute Gasteiger partial charge is 0.251 e. The molecule has 1 atom stereocenters. The first-order chi connectivity index (χ1) is 10.1. The van der Waals surface area contributed by atoms with E-state index in [1.54, 1.807) is 0 Å². The highest BCUT2D eigenvalue weighted by molar-refractivity contribution is 5.87. The summed E-state index contributed by atoms with van der Waals surface area (Å²) in [5, 5.41) is 3.03. The number of carbonyl (C=O) groups excluding carboxylic acids is 2. The molecule has 1 N–H and O–H groups in total. The molecule has 3 aliphatic rings. The van der Waals surface area contributed by atoms with E-state index in [9.17, 15) is 9.59 Å². The number of nitrogens with zero attached hydrogens (tertiary/aromatic N) is 1. The van der Waals surface area contributed by atoms with Gasteiger partial charge < -0.3 is 19.7 Å². The lowest BCUT2D eigenvalue weighted by atomic mass is 9.65. The van der Waals surface area contributed by atoms with E-state index < -0.39 is 6.10 Å². The van der Waals surface area contributed by atoms with Crippen LogP contribution in [-0.4, -0.2) is 61.8 Å². The van der Waals surface area contributed by atoms with Gasteiger partial charge in [-0.3, -0.25) is 9.59 Å². The maximum Gasteiger partial charge on any atom is 0.251 e. The van der Waals surface area contributed by atoms with E-state index in [2.05, 4.69) is 11.9 Å². The molecule has 0 radical (unpaired) electrons. The largest absolute Gasteiger partial charge is 0.376 e. The summed E-state index contributed by atoms with van der Waals surface area (Å²) in [6.07, 6.45) is 3.79. The average Bonchev–Trinajstić information content (AvgIpc) is 2.92. The number of likely N-dealkylation sites (tertiary alicyclic amines) is 1. The molecule has 6 nitrogen and oxygen atoms in total.